The number of carbonyl (C=O) groups is 1. The van der Waals surface area contributed by atoms with Gasteiger partial charge in [-0.05, 0) is 42.7 Å². The summed E-state index contributed by atoms with van der Waals surface area (Å²) < 4.78 is 24.8. The summed E-state index contributed by atoms with van der Waals surface area (Å²) in [5.74, 6) is 1.61. The van der Waals surface area contributed by atoms with Crippen molar-refractivity contribution in [2.75, 3.05) is 19.7 Å². The SMILES string of the molecule is O=C(COc1cccnc1)N1CCC[C@H](c2ncc(Cc3cccc(F)c3)o2)C1. The molecule has 1 aliphatic rings. The summed E-state index contributed by atoms with van der Waals surface area (Å²) in [4.78, 5) is 22.7. The van der Waals surface area contributed by atoms with Crippen molar-refractivity contribution in [2.45, 2.75) is 25.2 Å². The summed E-state index contributed by atoms with van der Waals surface area (Å²) >= 11 is 0. The zero-order valence-corrected chi connectivity index (χ0v) is 16.0. The summed E-state index contributed by atoms with van der Waals surface area (Å²) in [5.41, 5.74) is 0.834. The number of likely N-dealkylation sites (tertiary alicyclic amines) is 1. The molecule has 0 radical (unpaired) electrons. The molecule has 1 atom stereocenters. The largest absolute Gasteiger partial charge is 0.482 e. The quantitative estimate of drug-likeness (QED) is 0.638. The number of ether oxygens (including phenoxy) is 1. The van der Waals surface area contributed by atoms with Crippen LogP contribution in [-0.4, -0.2) is 40.5 Å². The van der Waals surface area contributed by atoms with Gasteiger partial charge < -0.3 is 14.1 Å². The number of carbonyl (C=O) groups excluding carboxylic acids is 1. The van der Waals surface area contributed by atoms with E-state index in [1.54, 1.807) is 41.7 Å². The number of rotatable bonds is 6. The fraction of sp³-hybridized carbons (Fsp3) is 0.318. The van der Waals surface area contributed by atoms with Crippen LogP contribution < -0.4 is 4.74 Å². The molecule has 0 aliphatic carbocycles. The Morgan fingerprint density at radius 3 is 3.03 bits per heavy atom. The Morgan fingerprint density at radius 2 is 2.21 bits per heavy atom. The predicted octanol–water partition coefficient (Wildman–Crippen LogP) is 3.58. The second kappa shape index (κ2) is 8.86. The number of amides is 1. The molecule has 0 saturated carbocycles. The van der Waals surface area contributed by atoms with E-state index in [-0.39, 0.29) is 24.2 Å². The summed E-state index contributed by atoms with van der Waals surface area (Å²) in [6.07, 6.45) is 7.20. The van der Waals surface area contributed by atoms with Gasteiger partial charge in [0.25, 0.3) is 5.91 Å². The third kappa shape index (κ3) is 4.99. The van der Waals surface area contributed by atoms with Gasteiger partial charge in [0.2, 0.25) is 0 Å². The van der Waals surface area contributed by atoms with Crippen molar-refractivity contribution in [1.82, 2.24) is 14.9 Å². The third-order valence-electron chi connectivity index (χ3n) is 4.96. The molecule has 6 nitrogen and oxygen atoms in total. The normalized spacial score (nSPS) is 16.6. The first-order valence-electron chi connectivity index (χ1n) is 9.67. The van der Waals surface area contributed by atoms with Gasteiger partial charge in [0.05, 0.1) is 18.3 Å². The Hall–Kier alpha value is -3.22. The Balaban J connectivity index is 1.34. The lowest BCUT2D eigenvalue weighted by Crippen LogP contribution is -2.41. The highest BCUT2D eigenvalue weighted by molar-refractivity contribution is 5.78. The molecule has 0 bridgehead atoms. The first-order chi connectivity index (χ1) is 14.2. The van der Waals surface area contributed by atoms with Crippen molar-refractivity contribution in [2.24, 2.45) is 0 Å². The number of halogens is 1. The zero-order valence-electron chi connectivity index (χ0n) is 16.0. The van der Waals surface area contributed by atoms with Crippen LogP contribution in [0.1, 0.15) is 36.0 Å². The molecule has 1 aromatic carbocycles. The highest BCUT2D eigenvalue weighted by Crippen LogP contribution is 2.27. The van der Waals surface area contributed by atoms with Crippen LogP contribution in [0.15, 0.2) is 59.4 Å². The van der Waals surface area contributed by atoms with E-state index in [2.05, 4.69) is 9.97 Å². The van der Waals surface area contributed by atoms with E-state index in [1.165, 1.54) is 12.1 Å². The molecule has 1 saturated heterocycles. The van der Waals surface area contributed by atoms with Crippen molar-refractivity contribution in [3.05, 3.63) is 78.0 Å². The standard InChI is InChI=1S/C22H22FN3O3/c23-18-6-1-4-16(10-18)11-20-13-25-22(29-20)17-5-3-9-26(14-17)21(27)15-28-19-7-2-8-24-12-19/h1-2,4,6-8,10,12-13,17H,3,5,9,11,14-15H2/t17-/m0/s1. The molecule has 7 heteroatoms. The molecule has 29 heavy (non-hydrogen) atoms. The van der Waals surface area contributed by atoms with E-state index in [4.69, 9.17) is 9.15 Å². The maximum absolute atomic E-state index is 13.4. The van der Waals surface area contributed by atoms with Gasteiger partial charge in [-0.15, -0.1) is 0 Å². The number of nitrogens with zero attached hydrogens (tertiary/aromatic N) is 3. The molecule has 0 N–H and O–H groups in total. The van der Waals surface area contributed by atoms with Crippen molar-refractivity contribution in [3.8, 4) is 5.75 Å². The van der Waals surface area contributed by atoms with Crippen LogP contribution >= 0.6 is 0 Å². The van der Waals surface area contributed by atoms with Crippen molar-refractivity contribution < 1.29 is 18.3 Å². The van der Waals surface area contributed by atoms with E-state index < -0.39 is 0 Å². The summed E-state index contributed by atoms with van der Waals surface area (Å²) in [6.45, 7) is 1.23. The lowest BCUT2D eigenvalue weighted by molar-refractivity contribution is -0.134. The number of hydrogen-bond donors (Lipinski definition) is 0. The second-order valence-electron chi connectivity index (χ2n) is 7.13. The molecule has 0 unspecified atom stereocenters. The molecule has 1 aliphatic heterocycles. The molecule has 0 spiro atoms. The van der Waals surface area contributed by atoms with Crippen LogP contribution in [0.2, 0.25) is 0 Å². The molecule has 1 fully saturated rings. The minimum atomic E-state index is -0.267. The second-order valence-corrected chi connectivity index (χ2v) is 7.13. The Morgan fingerprint density at radius 1 is 1.28 bits per heavy atom. The van der Waals surface area contributed by atoms with Crippen LogP contribution in [-0.2, 0) is 11.2 Å². The van der Waals surface area contributed by atoms with E-state index in [0.29, 0.717) is 36.9 Å². The fourth-order valence-electron chi connectivity index (χ4n) is 3.52. The van der Waals surface area contributed by atoms with Crippen LogP contribution in [0, 0.1) is 5.82 Å². The van der Waals surface area contributed by atoms with Gasteiger partial charge in [-0.3, -0.25) is 9.78 Å². The van der Waals surface area contributed by atoms with Crippen LogP contribution in [0.5, 0.6) is 5.75 Å². The molecule has 3 heterocycles. The van der Waals surface area contributed by atoms with Gasteiger partial charge in [0.1, 0.15) is 17.3 Å². The highest BCUT2D eigenvalue weighted by atomic mass is 19.1. The Bertz CT molecular complexity index is 961. The average Bonchev–Trinajstić information content (AvgIpc) is 3.21. The summed E-state index contributed by atoms with van der Waals surface area (Å²) in [6, 6.07) is 9.98. The lowest BCUT2D eigenvalue weighted by Gasteiger charge is -2.31. The monoisotopic (exact) mass is 395 g/mol. The van der Waals surface area contributed by atoms with Crippen LogP contribution in [0.25, 0.3) is 0 Å². The van der Waals surface area contributed by atoms with Gasteiger partial charge in [0, 0.05) is 25.7 Å². The van der Waals surface area contributed by atoms with Gasteiger partial charge in [-0.2, -0.15) is 0 Å². The molecular formula is C22H22FN3O3. The number of aromatic nitrogens is 2. The lowest BCUT2D eigenvalue weighted by atomic mass is 9.98. The molecular weight excluding hydrogens is 373 g/mol. The van der Waals surface area contributed by atoms with Gasteiger partial charge in [0.15, 0.2) is 12.5 Å². The maximum Gasteiger partial charge on any atom is 0.260 e. The van der Waals surface area contributed by atoms with E-state index in [1.807, 2.05) is 6.07 Å². The Kier molecular flexibility index (Phi) is 5.84. The van der Waals surface area contributed by atoms with Crippen LogP contribution in [0.4, 0.5) is 4.39 Å². The van der Waals surface area contributed by atoms with E-state index >= 15 is 0 Å². The summed E-state index contributed by atoms with van der Waals surface area (Å²) in [7, 11) is 0. The number of pyridine rings is 1. The molecule has 3 aromatic rings. The van der Waals surface area contributed by atoms with Gasteiger partial charge in [-0.1, -0.05) is 12.1 Å². The van der Waals surface area contributed by atoms with Crippen molar-refractivity contribution in [3.63, 3.8) is 0 Å². The van der Waals surface area contributed by atoms with E-state index in [9.17, 15) is 9.18 Å². The van der Waals surface area contributed by atoms with Crippen molar-refractivity contribution >= 4 is 5.91 Å². The zero-order chi connectivity index (χ0) is 20.1. The van der Waals surface area contributed by atoms with E-state index in [0.717, 1.165) is 18.4 Å². The maximum atomic E-state index is 13.4. The Labute approximate surface area is 168 Å². The molecule has 1 amide bonds. The fourth-order valence-corrected chi connectivity index (χ4v) is 3.52. The van der Waals surface area contributed by atoms with Gasteiger partial charge >= 0.3 is 0 Å². The third-order valence-corrected chi connectivity index (χ3v) is 4.96. The van der Waals surface area contributed by atoms with Gasteiger partial charge in [-0.25, -0.2) is 9.37 Å². The average molecular weight is 395 g/mol. The minimum Gasteiger partial charge on any atom is -0.482 e. The number of hydrogen-bond acceptors (Lipinski definition) is 5. The highest BCUT2D eigenvalue weighted by Gasteiger charge is 2.28. The number of benzene rings is 1. The molecule has 2 aromatic heterocycles. The number of piperidine rings is 1. The molecule has 4 rings (SSSR count). The molecule has 150 valence electrons. The van der Waals surface area contributed by atoms with Crippen LogP contribution in [0.3, 0.4) is 0 Å². The topological polar surface area (TPSA) is 68.5 Å². The first-order valence-corrected chi connectivity index (χ1v) is 9.67. The predicted molar refractivity (Wildman–Crippen MR) is 104 cm³/mol. The van der Waals surface area contributed by atoms with Crippen molar-refractivity contribution in [1.29, 1.82) is 0 Å². The first kappa shape index (κ1) is 19.1. The summed E-state index contributed by atoms with van der Waals surface area (Å²) in [5, 5.41) is 0. The number of oxazole rings is 1. The minimum absolute atomic E-state index is 0.0190. The smallest absolute Gasteiger partial charge is 0.260 e.